The van der Waals surface area contributed by atoms with Crippen LogP contribution in [0.3, 0.4) is 0 Å². The lowest BCUT2D eigenvalue weighted by Gasteiger charge is -2.29. The lowest BCUT2D eigenvalue weighted by Crippen LogP contribution is -2.32. The smallest absolute Gasteiger partial charge is 0.338 e. The van der Waals surface area contributed by atoms with Crippen molar-refractivity contribution < 1.29 is 28.3 Å². The fourth-order valence-electron chi connectivity index (χ4n) is 5.12. The fourth-order valence-corrected chi connectivity index (χ4v) is 8.00. The molecule has 0 radical (unpaired) electrons. The first-order valence-electron chi connectivity index (χ1n) is 12.9. The third kappa shape index (κ3) is 4.95. The van der Waals surface area contributed by atoms with Crippen LogP contribution in [-0.2, 0) is 25.7 Å². The van der Waals surface area contributed by atoms with Crippen LogP contribution in [0.1, 0.15) is 33.8 Å². The van der Waals surface area contributed by atoms with E-state index in [0.717, 1.165) is 28.0 Å². The molecule has 42 heavy (non-hydrogen) atoms. The number of carbonyl (C=O) groups excluding carboxylic acids is 4. The number of aromatic nitrogens is 1. The number of hydrogen-bond donors (Lipinski definition) is 1. The van der Waals surface area contributed by atoms with E-state index in [1.807, 2.05) is 0 Å². The summed E-state index contributed by atoms with van der Waals surface area (Å²) >= 11 is 7.95. The Balaban J connectivity index is 1.34. The highest BCUT2D eigenvalue weighted by Gasteiger charge is 2.57. The molecule has 10 nitrogen and oxygen atoms in total. The molecule has 0 aliphatic carbocycles. The Morgan fingerprint density at radius 1 is 1.02 bits per heavy atom. The zero-order chi connectivity index (χ0) is 29.5. The first-order chi connectivity index (χ1) is 20.3. The van der Waals surface area contributed by atoms with Crippen molar-refractivity contribution in [2.24, 2.45) is 5.92 Å². The van der Waals surface area contributed by atoms with Crippen molar-refractivity contribution in [3.63, 3.8) is 0 Å². The number of fused-ring (bicyclic) bond motifs is 2. The Morgan fingerprint density at radius 2 is 1.76 bits per heavy atom. The molecule has 0 saturated carbocycles. The standard InChI is InChI=1S/C29H22ClN3O7S2/c1-2-39-28(37)15-5-11-18(12-6-15)33-25(35)22-21(19-4-3-13-40-19)24-27(41-23(22)26(33)36)32(29(38)42-24)14-20(34)31-17-9-7-16(30)8-10-17/h3-13,21-23H,2,14H2,1H3,(H,31,34)/t21-,22?,23?/m1/s1. The summed E-state index contributed by atoms with van der Waals surface area (Å²) < 4.78 is 12.1. The second-order valence-electron chi connectivity index (χ2n) is 9.52. The molecule has 2 aliphatic heterocycles. The van der Waals surface area contributed by atoms with E-state index in [1.54, 1.807) is 43.3 Å². The van der Waals surface area contributed by atoms with Crippen LogP contribution < -0.4 is 15.1 Å². The number of furan rings is 1. The van der Waals surface area contributed by atoms with Crippen molar-refractivity contribution in [1.82, 2.24) is 4.57 Å². The van der Waals surface area contributed by atoms with Gasteiger partial charge in [-0.15, -0.1) is 0 Å². The summed E-state index contributed by atoms with van der Waals surface area (Å²) in [4.78, 5) is 67.2. The molecule has 2 unspecified atom stereocenters. The average Bonchev–Trinajstić information content (AvgIpc) is 3.67. The highest BCUT2D eigenvalue weighted by Crippen LogP contribution is 2.53. The van der Waals surface area contributed by atoms with Crippen LogP contribution in [0.2, 0.25) is 5.02 Å². The van der Waals surface area contributed by atoms with E-state index in [1.165, 1.54) is 35.1 Å². The molecule has 1 fully saturated rings. The number of anilines is 2. The molecule has 4 aromatic rings. The van der Waals surface area contributed by atoms with Gasteiger partial charge in [0.25, 0.3) is 0 Å². The summed E-state index contributed by atoms with van der Waals surface area (Å²) in [7, 11) is 0. The maximum absolute atomic E-state index is 13.9. The number of carbonyl (C=O) groups is 4. The normalized spacial score (nSPS) is 19.4. The van der Waals surface area contributed by atoms with Gasteiger partial charge in [-0.2, -0.15) is 0 Å². The minimum Gasteiger partial charge on any atom is -0.469 e. The highest BCUT2D eigenvalue weighted by molar-refractivity contribution is 8.00. The predicted octanol–water partition coefficient (Wildman–Crippen LogP) is 4.77. The number of amides is 3. The first-order valence-corrected chi connectivity index (χ1v) is 15.0. The second-order valence-corrected chi connectivity index (χ2v) is 12.1. The van der Waals surface area contributed by atoms with Gasteiger partial charge in [0.15, 0.2) is 0 Å². The van der Waals surface area contributed by atoms with Crippen LogP contribution in [-0.4, -0.2) is 40.1 Å². The number of halogens is 1. The topological polar surface area (TPSA) is 128 Å². The lowest BCUT2D eigenvalue weighted by atomic mass is 9.87. The number of benzene rings is 2. The SMILES string of the molecule is CCOC(=O)c1ccc(N2C(=O)C3Sc4c(sc(=O)n4CC(=O)Nc4ccc(Cl)cc4)[C@H](c4ccco4)C3C2=O)cc1. The van der Waals surface area contributed by atoms with Gasteiger partial charge in [-0.25, -0.2) is 9.69 Å². The van der Waals surface area contributed by atoms with Gasteiger partial charge in [0.2, 0.25) is 17.7 Å². The fraction of sp³-hybridized carbons (Fsp3) is 0.207. The van der Waals surface area contributed by atoms with Gasteiger partial charge in [-0.1, -0.05) is 34.7 Å². The van der Waals surface area contributed by atoms with E-state index in [0.29, 0.717) is 37.6 Å². The summed E-state index contributed by atoms with van der Waals surface area (Å²) in [6, 6.07) is 16.0. The number of hydrogen-bond acceptors (Lipinski definition) is 9. The number of thiazole rings is 1. The summed E-state index contributed by atoms with van der Waals surface area (Å²) in [5.41, 5.74) is 1.13. The number of ether oxygens (including phenoxy) is 1. The maximum atomic E-state index is 13.9. The largest absolute Gasteiger partial charge is 0.469 e. The number of thioether (sulfide) groups is 1. The summed E-state index contributed by atoms with van der Waals surface area (Å²) in [6.07, 6.45) is 1.47. The molecule has 4 heterocycles. The molecule has 2 aromatic carbocycles. The van der Waals surface area contributed by atoms with E-state index in [-0.39, 0.29) is 18.0 Å². The zero-order valence-electron chi connectivity index (χ0n) is 21.9. The maximum Gasteiger partial charge on any atom is 0.338 e. The molecule has 2 aliphatic rings. The van der Waals surface area contributed by atoms with Crippen LogP contribution in [0.15, 0.2) is 81.2 Å². The number of nitrogens with zero attached hydrogens (tertiary/aromatic N) is 2. The first kappa shape index (κ1) is 28.0. The Hall–Kier alpha value is -4.13. The van der Waals surface area contributed by atoms with Crippen molar-refractivity contribution in [2.45, 2.75) is 29.7 Å². The molecule has 214 valence electrons. The molecule has 1 N–H and O–H groups in total. The van der Waals surface area contributed by atoms with Crippen LogP contribution in [0.4, 0.5) is 11.4 Å². The average molecular weight is 624 g/mol. The molecule has 0 bridgehead atoms. The van der Waals surface area contributed by atoms with Crippen LogP contribution in [0, 0.1) is 5.92 Å². The van der Waals surface area contributed by atoms with Crippen molar-refractivity contribution in [2.75, 3.05) is 16.8 Å². The van der Waals surface area contributed by atoms with E-state index in [9.17, 15) is 24.0 Å². The molecule has 1 saturated heterocycles. The predicted molar refractivity (Wildman–Crippen MR) is 157 cm³/mol. The van der Waals surface area contributed by atoms with Gasteiger partial charge in [-0.05, 0) is 67.6 Å². The van der Waals surface area contributed by atoms with Crippen LogP contribution in [0.5, 0.6) is 0 Å². The third-order valence-corrected chi connectivity index (χ3v) is 9.82. The van der Waals surface area contributed by atoms with E-state index >= 15 is 0 Å². The van der Waals surface area contributed by atoms with Crippen LogP contribution >= 0.6 is 34.7 Å². The van der Waals surface area contributed by atoms with Gasteiger partial charge in [0, 0.05) is 10.7 Å². The van der Waals surface area contributed by atoms with Crippen molar-refractivity contribution in [3.05, 3.63) is 97.8 Å². The molecule has 6 rings (SSSR count). The van der Waals surface area contributed by atoms with Crippen molar-refractivity contribution >= 4 is 69.8 Å². The van der Waals surface area contributed by atoms with Gasteiger partial charge in [0.1, 0.15) is 17.6 Å². The zero-order valence-corrected chi connectivity index (χ0v) is 24.3. The van der Waals surface area contributed by atoms with Crippen LogP contribution in [0.25, 0.3) is 0 Å². The minimum absolute atomic E-state index is 0.219. The molecule has 0 spiro atoms. The highest BCUT2D eigenvalue weighted by atomic mass is 35.5. The van der Waals surface area contributed by atoms with Crippen molar-refractivity contribution in [1.29, 1.82) is 0 Å². The molecule has 2 aromatic heterocycles. The summed E-state index contributed by atoms with van der Waals surface area (Å²) in [5.74, 6) is -2.97. The summed E-state index contributed by atoms with van der Waals surface area (Å²) in [6.45, 7) is 1.63. The van der Waals surface area contributed by atoms with E-state index in [2.05, 4.69) is 5.32 Å². The Kier molecular flexibility index (Phi) is 7.52. The molecular weight excluding hydrogens is 602 g/mol. The van der Waals surface area contributed by atoms with Gasteiger partial charge >= 0.3 is 10.8 Å². The lowest BCUT2D eigenvalue weighted by molar-refractivity contribution is -0.122. The summed E-state index contributed by atoms with van der Waals surface area (Å²) in [5, 5.41) is 2.84. The number of esters is 1. The Labute approximate surface area is 252 Å². The molecule has 3 atom stereocenters. The number of rotatable bonds is 7. The second kappa shape index (κ2) is 11.3. The minimum atomic E-state index is -0.871. The van der Waals surface area contributed by atoms with E-state index < -0.39 is 40.8 Å². The monoisotopic (exact) mass is 623 g/mol. The van der Waals surface area contributed by atoms with Gasteiger partial charge in [0.05, 0.1) is 45.9 Å². The molecular formula is C29H22ClN3O7S2. The van der Waals surface area contributed by atoms with E-state index in [4.69, 9.17) is 20.8 Å². The Morgan fingerprint density at radius 3 is 2.43 bits per heavy atom. The number of imide groups is 1. The third-order valence-electron chi connectivity index (χ3n) is 6.97. The molecule has 13 heteroatoms. The quantitative estimate of drug-likeness (QED) is 0.230. The van der Waals surface area contributed by atoms with Gasteiger partial charge in [-0.3, -0.25) is 23.7 Å². The van der Waals surface area contributed by atoms with Gasteiger partial charge < -0.3 is 14.5 Å². The van der Waals surface area contributed by atoms with Crippen molar-refractivity contribution in [3.8, 4) is 0 Å². The Bertz CT molecular complexity index is 1750. The molecule has 3 amide bonds. The number of nitrogens with one attached hydrogen (secondary N) is 1.